The van der Waals surface area contributed by atoms with Crippen molar-refractivity contribution in [1.82, 2.24) is 0 Å². The molecule has 14 nitrogen and oxygen atoms in total. The van der Waals surface area contributed by atoms with Crippen LogP contribution in [0.15, 0.2) is 46.6 Å². The minimum atomic E-state index is -1.62. The number of hydrogen-bond acceptors (Lipinski definition) is 14. The first-order valence-corrected chi connectivity index (χ1v) is 18.6. The van der Waals surface area contributed by atoms with Gasteiger partial charge in [0.2, 0.25) is 0 Å². The summed E-state index contributed by atoms with van der Waals surface area (Å²) in [4.78, 5) is 48.0. The van der Waals surface area contributed by atoms with Crippen LogP contribution in [0.5, 0.6) is 0 Å². The lowest BCUT2D eigenvalue weighted by molar-refractivity contribution is -0.357. The number of carbonyl (C=O) groups excluding carboxylic acids is 4. The maximum Gasteiger partial charge on any atom is 0.303 e. The third kappa shape index (κ3) is 16.5. The lowest BCUT2D eigenvalue weighted by Crippen LogP contribution is -2.65. The molecule has 0 unspecified atom stereocenters. The highest BCUT2D eigenvalue weighted by molar-refractivity contribution is 5.68. The van der Waals surface area contributed by atoms with E-state index >= 15 is 0 Å². The minimum Gasteiger partial charge on any atom is -0.463 e. The molecule has 0 aromatic carbocycles. The minimum absolute atomic E-state index is 0.0338. The van der Waals surface area contributed by atoms with Gasteiger partial charge in [0.25, 0.3) is 0 Å². The van der Waals surface area contributed by atoms with E-state index in [1.807, 2.05) is 13.0 Å². The fraction of sp³-hybridized carbons (Fsp3) is 0.700. The topological polar surface area (TPSA) is 183 Å². The Bertz CT molecular complexity index is 1360. The van der Waals surface area contributed by atoms with Gasteiger partial charge in [-0.1, -0.05) is 46.6 Å². The fourth-order valence-corrected chi connectivity index (χ4v) is 6.02. The smallest absolute Gasteiger partial charge is 0.303 e. The quantitative estimate of drug-likeness (QED) is 0.101. The molecular weight excluding hydrogens is 704 g/mol. The van der Waals surface area contributed by atoms with Gasteiger partial charge in [-0.05, 0) is 80.1 Å². The normalized spacial score (nSPS) is 29.2. The van der Waals surface area contributed by atoms with Crippen molar-refractivity contribution in [3.8, 4) is 0 Å². The first-order chi connectivity index (χ1) is 25.4. The molecule has 2 fully saturated rings. The monoisotopic (exact) mass is 766 g/mol. The molecule has 2 aliphatic rings. The molecule has 0 amide bonds. The Kier molecular flexibility index (Phi) is 20.4. The maximum atomic E-state index is 12.2. The van der Waals surface area contributed by atoms with Crippen LogP contribution in [0, 0.1) is 0 Å². The number of hydrogen-bond donors (Lipinski definition) is 2. The van der Waals surface area contributed by atoms with Gasteiger partial charge in [0.05, 0.1) is 12.7 Å². The number of allylic oxidation sites excluding steroid dienone is 7. The summed E-state index contributed by atoms with van der Waals surface area (Å²) >= 11 is 0. The standard InChI is InChI=1S/C40H62O14/c1-23(2)14-11-15-24(3)16-12-17-25(4)18-13-19-26(5)20-21-47-39-34(46)37(35(50-29(8)42)32(53-39)22-48-28(7)41)54-40-38(52-31(10)44)36(51-30(9)43)33(45)27(6)49-40/h14,16,18,20,27,32-40,45-46H,11-13,15,17,19,21-22H2,1-10H3/b24-16+,25-18?,26-20+/t27-,32+,33-,34+,35+,36+,37+,38+,39+,40-/m0/s1. The number of carbonyl (C=O) groups is 4. The SMILES string of the molecule is CC(=O)OC[C@H]1O[C@@H](OC/C=C(\C)CCC=C(C)CC/C=C(\C)CCC=C(C)C)[C@H](O)[C@@H](O[C@@H]2O[C@@H](C)[C@H](O)[C@@H](OC(C)=O)[C@H]2OC(C)=O)[C@@H]1OC(C)=O. The molecule has 0 aromatic heterocycles. The molecule has 0 spiro atoms. The van der Waals surface area contributed by atoms with Gasteiger partial charge in [-0.15, -0.1) is 0 Å². The molecule has 2 rings (SSSR count). The van der Waals surface area contributed by atoms with Crippen molar-refractivity contribution in [3.05, 3.63) is 46.6 Å². The molecule has 2 heterocycles. The van der Waals surface area contributed by atoms with Crippen molar-refractivity contribution >= 4 is 23.9 Å². The van der Waals surface area contributed by atoms with Crippen molar-refractivity contribution in [2.75, 3.05) is 13.2 Å². The number of aliphatic hydroxyl groups excluding tert-OH is 2. The van der Waals surface area contributed by atoms with Gasteiger partial charge in [-0.25, -0.2) is 0 Å². The molecular formula is C40H62O14. The van der Waals surface area contributed by atoms with Crippen LogP contribution in [0.25, 0.3) is 0 Å². The molecule has 10 atom stereocenters. The van der Waals surface area contributed by atoms with Crippen LogP contribution in [-0.4, -0.2) is 109 Å². The third-order valence-electron chi connectivity index (χ3n) is 8.87. The predicted octanol–water partition coefficient (Wildman–Crippen LogP) is 5.08. The molecule has 2 aliphatic heterocycles. The molecule has 2 N–H and O–H groups in total. The summed E-state index contributed by atoms with van der Waals surface area (Å²) < 4.78 is 45.3. The van der Waals surface area contributed by atoms with Gasteiger partial charge < -0.3 is 48.1 Å². The molecule has 0 aliphatic carbocycles. The summed E-state index contributed by atoms with van der Waals surface area (Å²) in [5.74, 6) is -2.95. The number of rotatable bonds is 19. The highest BCUT2D eigenvalue weighted by Crippen LogP contribution is 2.33. The summed E-state index contributed by atoms with van der Waals surface area (Å²) in [6.45, 7) is 16.2. The van der Waals surface area contributed by atoms with Crippen LogP contribution in [0.2, 0.25) is 0 Å². The van der Waals surface area contributed by atoms with E-state index in [1.54, 1.807) is 0 Å². The predicted molar refractivity (Wildman–Crippen MR) is 198 cm³/mol. The van der Waals surface area contributed by atoms with E-state index in [4.69, 9.17) is 37.9 Å². The molecule has 54 heavy (non-hydrogen) atoms. The summed E-state index contributed by atoms with van der Waals surface area (Å²) in [5, 5.41) is 22.3. The summed E-state index contributed by atoms with van der Waals surface area (Å²) in [6, 6.07) is 0. The molecule has 14 heteroatoms. The maximum absolute atomic E-state index is 12.2. The van der Waals surface area contributed by atoms with Gasteiger partial charge in [-0.2, -0.15) is 0 Å². The molecule has 306 valence electrons. The van der Waals surface area contributed by atoms with E-state index in [1.165, 1.54) is 30.6 Å². The first-order valence-electron chi connectivity index (χ1n) is 18.6. The number of aliphatic hydroxyl groups is 2. The van der Waals surface area contributed by atoms with Gasteiger partial charge in [0.1, 0.15) is 31.0 Å². The lowest BCUT2D eigenvalue weighted by Gasteiger charge is -2.47. The zero-order valence-corrected chi connectivity index (χ0v) is 33.5. The largest absolute Gasteiger partial charge is 0.463 e. The van der Waals surface area contributed by atoms with E-state index < -0.39 is 91.9 Å². The van der Waals surface area contributed by atoms with Crippen molar-refractivity contribution in [3.63, 3.8) is 0 Å². The second-order valence-corrected chi connectivity index (χ2v) is 14.2. The third-order valence-corrected chi connectivity index (χ3v) is 8.87. The summed E-state index contributed by atoms with van der Waals surface area (Å²) in [6.07, 6.45) is 0.613. The van der Waals surface area contributed by atoms with Crippen molar-refractivity contribution in [2.45, 2.75) is 169 Å². The average Bonchev–Trinajstić information content (AvgIpc) is 3.06. The first kappa shape index (κ1) is 46.8. The summed E-state index contributed by atoms with van der Waals surface area (Å²) in [7, 11) is 0. The highest BCUT2D eigenvalue weighted by atomic mass is 16.8. The second kappa shape index (κ2) is 23.5. The van der Waals surface area contributed by atoms with Gasteiger partial charge in [0.15, 0.2) is 30.9 Å². The Morgan fingerprint density at radius 1 is 0.574 bits per heavy atom. The Hall–Kier alpha value is -3.40. The van der Waals surface area contributed by atoms with Gasteiger partial charge in [-0.3, -0.25) is 19.2 Å². The fourth-order valence-electron chi connectivity index (χ4n) is 6.02. The molecule has 0 bridgehead atoms. The summed E-state index contributed by atoms with van der Waals surface area (Å²) in [5.41, 5.74) is 5.11. The lowest BCUT2D eigenvalue weighted by atomic mass is 9.96. The van der Waals surface area contributed by atoms with Crippen LogP contribution < -0.4 is 0 Å². The van der Waals surface area contributed by atoms with Crippen LogP contribution >= 0.6 is 0 Å². The molecule has 0 saturated carbocycles. The molecule has 0 aromatic rings. The van der Waals surface area contributed by atoms with Crippen LogP contribution in [0.3, 0.4) is 0 Å². The molecule has 0 radical (unpaired) electrons. The van der Waals surface area contributed by atoms with Crippen molar-refractivity contribution < 1.29 is 67.3 Å². The average molecular weight is 767 g/mol. The number of esters is 4. The van der Waals surface area contributed by atoms with E-state index in [9.17, 15) is 29.4 Å². The highest BCUT2D eigenvalue weighted by Gasteiger charge is 2.54. The van der Waals surface area contributed by atoms with Crippen molar-refractivity contribution in [1.29, 1.82) is 0 Å². The van der Waals surface area contributed by atoms with Crippen LogP contribution in [-0.2, 0) is 57.1 Å². The van der Waals surface area contributed by atoms with Gasteiger partial charge >= 0.3 is 23.9 Å². The van der Waals surface area contributed by atoms with Crippen LogP contribution in [0.4, 0.5) is 0 Å². The second-order valence-electron chi connectivity index (χ2n) is 14.2. The Morgan fingerprint density at radius 2 is 1.07 bits per heavy atom. The van der Waals surface area contributed by atoms with Crippen molar-refractivity contribution in [2.24, 2.45) is 0 Å². The Morgan fingerprint density at radius 3 is 1.59 bits per heavy atom. The Balaban J connectivity index is 2.20. The van der Waals surface area contributed by atoms with E-state index in [-0.39, 0.29) is 6.61 Å². The van der Waals surface area contributed by atoms with E-state index in [2.05, 4.69) is 45.9 Å². The van der Waals surface area contributed by atoms with Gasteiger partial charge in [0, 0.05) is 27.7 Å². The Labute approximate surface area is 319 Å². The number of ether oxygens (including phenoxy) is 8. The van der Waals surface area contributed by atoms with Crippen LogP contribution in [0.1, 0.15) is 108 Å². The zero-order chi connectivity index (χ0) is 40.5. The molecule has 2 saturated heterocycles. The van der Waals surface area contributed by atoms with E-state index in [0.717, 1.165) is 64.9 Å². The van der Waals surface area contributed by atoms with E-state index in [0.29, 0.717) is 0 Å². The zero-order valence-electron chi connectivity index (χ0n) is 33.5.